The van der Waals surface area contributed by atoms with Crippen LogP contribution in [0.2, 0.25) is 0 Å². The molecule has 1 aromatic rings. The highest BCUT2D eigenvalue weighted by Crippen LogP contribution is 2.51. The van der Waals surface area contributed by atoms with Crippen LogP contribution < -0.4 is 16.0 Å². The molecule has 0 radical (unpaired) electrons. The molecule has 1 amide bonds. The van der Waals surface area contributed by atoms with Crippen LogP contribution >= 0.6 is 0 Å². The number of hydrogen-bond donors (Lipinski definition) is 5. The van der Waals surface area contributed by atoms with Gasteiger partial charge in [0.25, 0.3) is 5.91 Å². The maximum Gasteiger partial charge on any atom is 0.255 e. The summed E-state index contributed by atoms with van der Waals surface area (Å²) >= 11 is 0. The van der Waals surface area contributed by atoms with Crippen molar-refractivity contribution >= 4 is 23.2 Å². The fourth-order valence-corrected chi connectivity index (χ4v) is 6.19. The number of halogens is 1. The molecule has 0 aliphatic heterocycles. The number of ketones is 2. The summed E-state index contributed by atoms with van der Waals surface area (Å²) in [5.74, 6) is -5.97. The number of aliphatic hydroxyl groups is 2. The van der Waals surface area contributed by atoms with Crippen molar-refractivity contribution in [3.63, 3.8) is 0 Å². The second kappa shape index (κ2) is 9.79. The van der Waals surface area contributed by atoms with Crippen molar-refractivity contribution in [3.05, 3.63) is 45.4 Å². The van der Waals surface area contributed by atoms with Crippen LogP contribution in [0.4, 0.5) is 10.1 Å². The van der Waals surface area contributed by atoms with E-state index in [1.165, 1.54) is 0 Å². The number of carbonyl (C=O) groups is 3. The lowest BCUT2D eigenvalue weighted by molar-refractivity contribution is -0.127. The first-order valence-electron chi connectivity index (χ1n) is 12.1. The van der Waals surface area contributed by atoms with E-state index >= 15 is 0 Å². The smallest absolute Gasteiger partial charge is 0.255 e. The van der Waals surface area contributed by atoms with Crippen LogP contribution in [0.15, 0.2) is 28.7 Å². The summed E-state index contributed by atoms with van der Waals surface area (Å²) in [6.07, 6.45) is 0.595. The van der Waals surface area contributed by atoms with Crippen LogP contribution in [0.1, 0.15) is 27.9 Å². The molecule has 0 saturated heterocycles. The van der Waals surface area contributed by atoms with Gasteiger partial charge in [-0.15, -0.1) is 0 Å². The molecule has 3 aliphatic rings. The van der Waals surface area contributed by atoms with Crippen molar-refractivity contribution < 1.29 is 34.1 Å². The minimum Gasteiger partial charge on any atom is -0.511 e. The van der Waals surface area contributed by atoms with E-state index in [0.29, 0.717) is 23.2 Å². The van der Waals surface area contributed by atoms with E-state index in [1.54, 1.807) is 25.1 Å². The number of nitrogens with zero attached hydrogens (tertiary/aromatic N) is 2. The van der Waals surface area contributed by atoms with E-state index in [0.717, 1.165) is 0 Å². The maximum absolute atomic E-state index is 13.9. The third-order valence-corrected chi connectivity index (χ3v) is 7.69. The van der Waals surface area contributed by atoms with Crippen molar-refractivity contribution in [3.8, 4) is 5.75 Å². The standard InChI is InChI=1S/C26H33FN4O6/c1-30(2)15-9-12(10-29-6-5-27)21(32)17-13(15)7-11-8-14-18(23(34)16(11)22(17)33)24(35)19(26(28)37)25(36)20(14)31(3)4/h9,11,14,18,20,29,32,34,36H,5-8,10H2,1-4H3,(H2,28,37)/t11?,14?,18?,20-/m1/s1. The Labute approximate surface area is 214 Å². The Kier molecular flexibility index (Phi) is 7.04. The number of likely N-dealkylation sites (N-methyl/N-ethyl adjacent to an activating group) is 1. The lowest BCUT2D eigenvalue weighted by atomic mass is 9.60. The monoisotopic (exact) mass is 516 g/mol. The molecule has 10 nitrogen and oxygen atoms in total. The van der Waals surface area contributed by atoms with Gasteiger partial charge in [-0.1, -0.05) is 0 Å². The fourth-order valence-electron chi connectivity index (χ4n) is 6.19. The number of primary amides is 1. The van der Waals surface area contributed by atoms with Crippen molar-refractivity contribution in [2.24, 2.45) is 23.5 Å². The maximum atomic E-state index is 13.9. The fraction of sp³-hybridized carbons (Fsp3) is 0.500. The quantitative estimate of drug-likeness (QED) is 0.265. The largest absolute Gasteiger partial charge is 0.511 e. The number of allylic oxidation sites excluding steroid dienone is 2. The van der Waals surface area contributed by atoms with E-state index < -0.39 is 65.0 Å². The van der Waals surface area contributed by atoms with Gasteiger partial charge in [-0.3, -0.25) is 19.3 Å². The van der Waals surface area contributed by atoms with Crippen molar-refractivity contribution in [2.45, 2.75) is 25.4 Å². The molecular weight excluding hydrogens is 483 g/mol. The number of rotatable bonds is 7. The molecule has 0 bridgehead atoms. The van der Waals surface area contributed by atoms with Crippen molar-refractivity contribution in [1.29, 1.82) is 0 Å². The van der Waals surface area contributed by atoms with Gasteiger partial charge in [-0.25, -0.2) is 4.39 Å². The zero-order valence-electron chi connectivity index (χ0n) is 21.3. The van der Waals surface area contributed by atoms with Gasteiger partial charge in [0.2, 0.25) is 0 Å². The first kappa shape index (κ1) is 26.6. The molecule has 37 heavy (non-hydrogen) atoms. The molecule has 3 unspecified atom stereocenters. The highest BCUT2D eigenvalue weighted by molar-refractivity contribution is 6.22. The average molecular weight is 517 g/mol. The molecule has 200 valence electrons. The second-order valence-electron chi connectivity index (χ2n) is 10.3. The molecule has 3 aliphatic carbocycles. The predicted octanol–water partition coefficient (Wildman–Crippen LogP) is 1.13. The second-order valence-corrected chi connectivity index (χ2v) is 10.3. The van der Waals surface area contributed by atoms with Crippen LogP contribution in [0, 0.1) is 17.8 Å². The summed E-state index contributed by atoms with van der Waals surface area (Å²) in [6.45, 7) is -0.378. The highest BCUT2D eigenvalue weighted by Gasteiger charge is 2.54. The minimum atomic E-state index is -1.23. The Morgan fingerprint density at radius 3 is 2.41 bits per heavy atom. The number of fused-ring (bicyclic) bond motifs is 3. The summed E-state index contributed by atoms with van der Waals surface area (Å²) in [5.41, 5.74) is 6.62. The summed E-state index contributed by atoms with van der Waals surface area (Å²) in [6, 6.07) is 0.990. The van der Waals surface area contributed by atoms with Gasteiger partial charge in [0.05, 0.1) is 17.5 Å². The highest BCUT2D eigenvalue weighted by atomic mass is 19.1. The number of alkyl halides is 1. The lowest BCUT2D eigenvalue weighted by Gasteiger charge is -2.46. The van der Waals surface area contributed by atoms with Gasteiger partial charge in [0.15, 0.2) is 11.6 Å². The van der Waals surface area contributed by atoms with Gasteiger partial charge >= 0.3 is 0 Å². The number of nitrogens with two attached hydrogens (primary N) is 1. The SMILES string of the molecule is CN(C)c1cc(CNCCF)c(O)c2c1CC1CC3C(C(=O)C(C(N)=O)=C(O)[C@@H]3N(C)C)C(O)=C1C2=O. The van der Waals surface area contributed by atoms with E-state index in [1.807, 2.05) is 19.0 Å². The van der Waals surface area contributed by atoms with Gasteiger partial charge < -0.3 is 31.3 Å². The zero-order valence-corrected chi connectivity index (χ0v) is 21.3. The average Bonchev–Trinajstić information content (AvgIpc) is 2.79. The van der Waals surface area contributed by atoms with Crippen molar-refractivity contribution in [2.75, 3.05) is 46.3 Å². The first-order chi connectivity index (χ1) is 17.4. The minimum absolute atomic E-state index is 0.0266. The molecule has 4 atom stereocenters. The van der Waals surface area contributed by atoms with E-state index in [9.17, 15) is 34.1 Å². The molecule has 0 aromatic heterocycles. The Bertz CT molecular complexity index is 1240. The Morgan fingerprint density at radius 2 is 1.84 bits per heavy atom. The third-order valence-electron chi connectivity index (χ3n) is 7.69. The number of Topliss-reactive ketones (excluding diaryl/α,β-unsaturated/α-hetero) is 2. The van der Waals surface area contributed by atoms with Crippen LogP contribution in [0.5, 0.6) is 5.75 Å². The van der Waals surface area contributed by atoms with Crippen LogP contribution in [-0.4, -0.2) is 85.1 Å². The van der Waals surface area contributed by atoms with Gasteiger partial charge in [0.1, 0.15) is 29.5 Å². The number of phenolic OH excluding ortho intramolecular Hbond substituents is 1. The zero-order chi connectivity index (χ0) is 27.3. The summed E-state index contributed by atoms with van der Waals surface area (Å²) in [4.78, 5) is 42.7. The molecule has 6 N–H and O–H groups in total. The third kappa shape index (κ3) is 4.15. The topological polar surface area (TPSA) is 156 Å². The predicted molar refractivity (Wildman–Crippen MR) is 134 cm³/mol. The number of nitrogens with one attached hydrogen (secondary N) is 1. The Hall–Kier alpha value is -3.44. The van der Waals surface area contributed by atoms with E-state index in [-0.39, 0.29) is 36.4 Å². The number of hydrogen-bond acceptors (Lipinski definition) is 9. The number of amides is 1. The summed E-state index contributed by atoms with van der Waals surface area (Å²) in [5, 5.41) is 36.2. The summed E-state index contributed by atoms with van der Waals surface area (Å²) in [7, 11) is 6.99. The lowest BCUT2D eigenvalue weighted by Crippen LogP contribution is -2.53. The first-order valence-corrected chi connectivity index (χ1v) is 12.1. The Balaban J connectivity index is 1.88. The molecule has 11 heteroatoms. The van der Waals surface area contributed by atoms with E-state index in [4.69, 9.17) is 5.73 Å². The molecular formula is C26H33FN4O6. The Morgan fingerprint density at radius 1 is 1.16 bits per heavy atom. The van der Waals surface area contributed by atoms with E-state index in [2.05, 4.69) is 5.32 Å². The molecule has 0 fully saturated rings. The molecule has 0 heterocycles. The number of carbonyl (C=O) groups excluding carboxylic acids is 3. The molecule has 0 spiro atoms. The normalized spacial score (nSPS) is 25.2. The number of aliphatic hydroxyl groups excluding tert-OH is 2. The number of benzene rings is 1. The van der Waals surface area contributed by atoms with Crippen LogP contribution in [0.3, 0.4) is 0 Å². The summed E-state index contributed by atoms with van der Waals surface area (Å²) < 4.78 is 12.6. The number of aromatic hydroxyl groups is 1. The molecule has 0 saturated carbocycles. The molecule has 4 rings (SSSR count). The van der Waals surface area contributed by atoms with Crippen LogP contribution in [-0.2, 0) is 22.6 Å². The van der Waals surface area contributed by atoms with Gasteiger partial charge in [-0.05, 0) is 50.4 Å². The van der Waals surface area contributed by atoms with Crippen molar-refractivity contribution in [1.82, 2.24) is 10.2 Å². The number of phenols is 1. The van der Waals surface area contributed by atoms with Gasteiger partial charge in [-0.2, -0.15) is 0 Å². The molecule has 1 aromatic carbocycles. The van der Waals surface area contributed by atoms with Gasteiger partial charge in [0, 0.05) is 44.0 Å². The van der Waals surface area contributed by atoms with Crippen LogP contribution in [0.25, 0.3) is 0 Å². The number of anilines is 1.